The lowest BCUT2D eigenvalue weighted by atomic mass is 9.98. The molecule has 0 amide bonds. The van der Waals surface area contributed by atoms with Crippen molar-refractivity contribution in [1.29, 1.82) is 0 Å². The topological polar surface area (TPSA) is 3.01 Å². The van der Waals surface area contributed by atoms with Crippen LogP contribution >= 0.6 is 0 Å². The number of fused-ring (bicyclic) bond motifs is 1. The third-order valence-electron chi connectivity index (χ3n) is 4.97. The maximum atomic E-state index is 2.78. The Morgan fingerprint density at radius 3 is 2.50 bits per heavy atom. The summed E-state index contributed by atoms with van der Waals surface area (Å²) in [6.45, 7) is 4.73. The van der Waals surface area contributed by atoms with Crippen LogP contribution in [0.25, 0.3) is 0 Å². The number of likely N-dealkylation sites (tertiary alicyclic amines) is 1. The van der Waals surface area contributed by atoms with Gasteiger partial charge in [-0.3, -0.25) is 4.90 Å². The summed E-state index contributed by atoms with van der Waals surface area (Å²) in [5.41, 5.74) is 0. The first-order valence-electron chi connectivity index (χ1n) is 7.58. The molecule has 3 aliphatic rings. The van der Waals surface area contributed by atoms with E-state index < -0.39 is 0 Å². The molecule has 0 aromatic heterocycles. The van der Waals surface area contributed by atoms with Crippen molar-refractivity contribution in [2.75, 3.05) is 0 Å². The first-order valence-corrected chi connectivity index (χ1v) is 7.58. The van der Waals surface area contributed by atoms with Gasteiger partial charge in [0.25, 0.3) is 0 Å². The van der Waals surface area contributed by atoms with Gasteiger partial charge in [-0.1, -0.05) is 46.0 Å². The summed E-state index contributed by atoms with van der Waals surface area (Å²) in [5, 5.41) is 0. The molecule has 6 atom stereocenters. The van der Waals surface area contributed by atoms with Crippen LogP contribution in [0.1, 0.15) is 65.2 Å². The maximum Gasteiger partial charge on any atom is 0.0274 e. The molecule has 0 bridgehead atoms. The molecule has 0 N–H and O–H groups in total. The lowest BCUT2D eigenvalue weighted by Crippen LogP contribution is -2.13. The summed E-state index contributed by atoms with van der Waals surface area (Å²) in [6.07, 6.45) is 11.9. The fourth-order valence-electron chi connectivity index (χ4n) is 3.57. The van der Waals surface area contributed by atoms with Crippen molar-refractivity contribution < 1.29 is 0 Å². The van der Waals surface area contributed by atoms with E-state index in [4.69, 9.17) is 0 Å². The Balaban J connectivity index is 1.20. The average molecular weight is 221 g/mol. The van der Waals surface area contributed by atoms with Crippen molar-refractivity contribution in [1.82, 2.24) is 4.90 Å². The predicted octanol–water partition coefficient (Wildman–Crippen LogP) is 3.83. The summed E-state index contributed by atoms with van der Waals surface area (Å²) < 4.78 is 0. The largest absolute Gasteiger partial charge is 0.291 e. The minimum absolute atomic E-state index is 0.972. The lowest BCUT2D eigenvalue weighted by molar-refractivity contribution is 0.373. The van der Waals surface area contributed by atoms with Crippen LogP contribution in [0.5, 0.6) is 0 Å². The second-order valence-corrected chi connectivity index (χ2v) is 6.56. The molecule has 3 fully saturated rings. The van der Waals surface area contributed by atoms with Crippen molar-refractivity contribution in [2.45, 2.75) is 83.3 Å². The molecule has 1 aliphatic heterocycles. The number of hydrogen-bond donors (Lipinski definition) is 0. The van der Waals surface area contributed by atoms with Crippen LogP contribution in [-0.4, -0.2) is 23.0 Å². The molecule has 1 nitrogen and oxygen atoms in total. The van der Waals surface area contributed by atoms with Gasteiger partial charge >= 0.3 is 0 Å². The van der Waals surface area contributed by atoms with E-state index in [0.717, 1.165) is 30.0 Å². The first kappa shape index (κ1) is 11.1. The van der Waals surface area contributed by atoms with E-state index in [1.807, 2.05) is 0 Å². The normalized spacial score (nSPS) is 45.0. The van der Waals surface area contributed by atoms with E-state index in [0.29, 0.717) is 0 Å². The minimum Gasteiger partial charge on any atom is -0.291 e. The second-order valence-electron chi connectivity index (χ2n) is 6.56. The van der Waals surface area contributed by atoms with Crippen LogP contribution in [0.4, 0.5) is 0 Å². The van der Waals surface area contributed by atoms with Crippen LogP contribution in [-0.2, 0) is 0 Å². The smallest absolute Gasteiger partial charge is 0.0274 e. The highest BCUT2D eigenvalue weighted by Gasteiger charge is 2.68. The highest BCUT2D eigenvalue weighted by Crippen LogP contribution is 2.59. The number of hydrogen-bond acceptors (Lipinski definition) is 1. The summed E-state index contributed by atoms with van der Waals surface area (Å²) >= 11 is 0. The number of rotatable bonds is 8. The molecule has 0 radical (unpaired) electrons. The number of unbranched alkanes of at least 4 members (excludes halogenated alkanes) is 1. The summed E-state index contributed by atoms with van der Waals surface area (Å²) in [5.74, 6) is 2.08. The first-order chi connectivity index (χ1) is 7.81. The Labute approximate surface area is 101 Å². The van der Waals surface area contributed by atoms with Crippen molar-refractivity contribution >= 4 is 0 Å². The van der Waals surface area contributed by atoms with Gasteiger partial charge in [0.15, 0.2) is 0 Å². The quantitative estimate of drug-likeness (QED) is 0.445. The third kappa shape index (κ3) is 2.30. The van der Waals surface area contributed by atoms with Gasteiger partial charge in [0.2, 0.25) is 0 Å². The molecular formula is C15H27N. The zero-order valence-corrected chi connectivity index (χ0v) is 11.0. The molecular weight excluding hydrogens is 194 g/mol. The highest BCUT2D eigenvalue weighted by molar-refractivity contribution is 5.24. The van der Waals surface area contributed by atoms with E-state index >= 15 is 0 Å². The molecule has 0 aromatic rings. The minimum atomic E-state index is 0.972. The molecule has 1 saturated heterocycles. The predicted molar refractivity (Wildman–Crippen MR) is 68.5 cm³/mol. The molecule has 0 spiro atoms. The van der Waals surface area contributed by atoms with E-state index in [2.05, 4.69) is 18.7 Å². The van der Waals surface area contributed by atoms with Gasteiger partial charge in [0, 0.05) is 18.1 Å². The van der Waals surface area contributed by atoms with E-state index in [1.54, 1.807) is 0 Å². The fraction of sp³-hybridized carbons (Fsp3) is 1.00. The average Bonchev–Trinajstić information content (AvgIpc) is 3.05. The van der Waals surface area contributed by atoms with Crippen molar-refractivity contribution in [3.63, 3.8) is 0 Å². The molecule has 2 saturated carbocycles. The maximum absolute atomic E-state index is 2.78. The SMILES string of the molecule is CCCC(C)CCCCC1C[C@@H]1N1C2C[C@H]21. The van der Waals surface area contributed by atoms with Crippen molar-refractivity contribution in [3.05, 3.63) is 0 Å². The molecule has 1 heterocycles. The van der Waals surface area contributed by atoms with Gasteiger partial charge in [-0.25, -0.2) is 0 Å². The molecule has 16 heavy (non-hydrogen) atoms. The van der Waals surface area contributed by atoms with Crippen LogP contribution < -0.4 is 0 Å². The van der Waals surface area contributed by atoms with Gasteiger partial charge in [-0.2, -0.15) is 0 Å². The van der Waals surface area contributed by atoms with E-state index in [-0.39, 0.29) is 0 Å². The Morgan fingerprint density at radius 2 is 1.88 bits per heavy atom. The third-order valence-corrected chi connectivity index (χ3v) is 4.97. The van der Waals surface area contributed by atoms with E-state index in [9.17, 15) is 0 Å². The van der Waals surface area contributed by atoms with Gasteiger partial charge in [0.1, 0.15) is 0 Å². The van der Waals surface area contributed by atoms with Gasteiger partial charge in [-0.15, -0.1) is 0 Å². The monoisotopic (exact) mass is 221 g/mol. The summed E-state index contributed by atoms with van der Waals surface area (Å²) in [6, 6.07) is 3.22. The van der Waals surface area contributed by atoms with Crippen molar-refractivity contribution in [3.8, 4) is 0 Å². The molecule has 1 heteroatoms. The molecule has 3 rings (SSSR count). The number of nitrogens with zero attached hydrogens (tertiary/aromatic N) is 1. The Hall–Kier alpha value is -0.0400. The molecule has 4 unspecified atom stereocenters. The fourth-order valence-corrected chi connectivity index (χ4v) is 3.57. The lowest BCUT2D eigenvalue weighted by Gasteiger charge is -2.10. The van der Waals surface area contributed by atoms with E-state index in [1.165, 1.54) is 51.4 Å². The molecule has 2 aliphatic carbocycles. The molecule has 0 aromatic carbocycles. The van der Waals surface area contributed by atoms with Gasteiger partial charge < -0.3 is 0 Å². The van der Waals surface area contributed by atoms with Crippen molar-refractivity contribution in [2.24, 2.45) is 11.8 Å². The van der Waals surface area contributed by atoms with Gasteiger partial charge in [-0.05, 0) is 31.1 Å². The van der Waals surface area contributed by atoms with Crippen LogP contribution in [0.2, 0.25) is 0 Å². The van der Waals surface area contributed by atoms with Gasteiger partial charge in [0.05, 0.1) is 0 Å². The van der Waals surface area contributed by atoms with Crippen LogP contribution in [0.15, 0.2) is 0 Å². The Bertz CT molecular complexity index is 242. The Kier molecular flexibility index (Phi) is 2.99. The van der Waals surface area contributed by atoms with Crippen LogP contribution in [0, 0.1) is 11.8 Å². The summed E-state index contributed by atoms with van der Waals surface area (Å²) in [4.78, 5) is 2.78. The standard InChI is InChI=1S/C15H27N/c1-3-6-11(2)7-4-5-8-12-9-13(12)16-14-10-15(14)16/h11-15H,3-10H2,1-2H3/t11?,12?,13-,14+,15?,16?/m0/s1. The zero-order valence-electron chi connectivity index (χ0n) is 11.0. The van der Waals surface area contributed by atoms with Crippen LogP contribution in [0.3, 0.4) is 0 Å². The molecule has 92 valence electrons. The zero-order chi connectivity index (χ0) is 11.1. The second kappa shape index (κ2) is 4.33. The highest BCUT2D eigenvalue weighted by atomic mass is 15.5. The Morgan fingerprint density at radius 1 is 1.06 bits per heavy atom. The summed E-state index contributed by atoms with van der Waals surface area (Å²) in [7, 11) is 0.